The van der Waals surface area contributed by atoms with Crippen molar-refractivity contribution in [3.63, 3.8) is 0 Å². The van der Waals surface area contributed by atoms with Crippen LogP contribution >= 0.6 is 34.5 Å². The predicted octanol–water partition coefficient (Wildman–Crippen LogP) is 5.55. The summed E-state index contributed by atoms with van der Waals surface area (Å²) in [6.45, 7) is 7.73. The van der Waals surface area contributed by atoms with Crippen molar-refractivity contribution < 1.29 is 8.42 Å². The van der Waals surface area contributed by atoms with Crippen molar-refractivity contribution in [2.24, 2.45) is 0 Å². The second kappa shape index (κ2) is 8.71. The number of hydrogen-bond acceptors (Lipinski definition) is 5. The van der Waals surface area contributed by atoms with Gasteiger partial charge in [0.1, 0.15) is 0 Å². The zero-order valence-electron chi connectivity index (χ0n) is 17.5. The molecule has 0 bridgehead atoms. The number of thiazole rings is 1. The van der Waals surface area contributed by atoms with Gasteiger partial charge < -0.3 is 4.90 Å². The Morgan fingerprint density at radius 1 is 0.968 bits per heavy atom. The molecule has 0 saturated carbocycles. The van der Waals surface area contributed by atoms with Crippen molar-refractivity contribution in [2.75, 3.05) is 31.1 Å². The van der Waals surface area contributed by atoms with Gasteiger partial charge in [-0.2, -0.15) is 4.31 Å². The quantitative estimate of drug-likeness (QED) is 0.475. The first-order valence-electron chi connectivity index (χ1n) is 9.90. The molecule has 3 aromatic rings. The van der Waals surface area contributed by atoms with E-state index in [4.69, 9.17) is 28.2 Å². The summed E-state index contributed by atoms with van der Waals surface area (Å²) in [7, 11) is -3.53. The van der Waals surface area contributed by atoms with Gasteiger partial charge in [-0.15, -0.1) is 11.3 Å². The summed E-state index contributed by atoms with van der Waals surface area (Å²) < 4.78 is 28.2. The molecule has 9 heteroatoms. The third-order valence-electron chi connectivity index (χ3n) is 5.41. The van der Waals surface area contributed by atoms with Crippen molar-refractivity contribution in [3.05, 3.63) is 62.4 Å². The Morgan fingerprint density at radius 2 is 1.61 bits per heavy atom. The SMILES string of the molecule is Cc1cc(C)c(S(=O)(=O)N2CCN(c3nc(-c4ccc(Cl)cc4Cl)cs3)CC2)c(C)c1. The first-order valence-corrected chi connectivity index (χ1v) is 13.0. The molecule has 0 spiro atoms. The second-order valence-corrected chi connectivity index (χ2v) is 11.3. The largest absolute Gasteiger partial charge is 0.345 e. The normalized spacial score (nSPS) is 15.5. The summed E-state index contributed by atoms with van der Waals surface area (Å²) in [4.78, 5) is 7.28. The first kappa shape index (κ1) is 22.6. The number of halogens is 2. The molecule has 0 aliphatic carbocycles. The Labute approximate surface area is 197 Å². The lowest BCUT2D eigenvalue weighted by molar-refractivity contribution is 0.384. The van der Waals surface area contributed by atoms with Gasteiger partial charge in [-0.05, 0) is 50.1 Å². The van der Waals surface area contributed by atoms with Gasteiger partial charge in [0.2, 0.25) is 10.0 Å². The zero-order valence-corrected chi connectivity index (χ0v) is 20.7. The van der Waals surface area contributed by atoms with Crippen LogP contribution in [0.5, 0.6) is 0 Å². The van der Waals surface area contributed by atoms with Gasteiger partial charge in [0.25, 0.3) is 0 Å². The summed E-state index contributed by atoms with van der Waals surface area (Å²) in [5.74, 6) is 0. The maximum Gasteiger partial charge on any atom is 0.243 e. The van der Waals surface area contributed by atoms with Crippen LogP contribution in [-0.4, -0.2) is 43.9 Å². The number of sulfonamides is 1. The highest BCUT2D eigenvalue weighted by molar-refractivity contribution is 7.89. The molecule has 5 nitrogen and oxygen atoms in total. The number of hydrogen-bond donors (Lipinski definition) is 0. The molecule has 0 atom stereocenters. The van der Waals surface area contributed by atoms with Gasteiger partial charge in [-0.1, -0.05) is 40.9 Å². The number of piperazine rings is 1. The van der Waals surface area contributed by atoms with Crippen LogP contribution in [0.4, 0.5) is 5.13 Å². The number of nitrogens with zero attached hydrogens (tertiary/aromatic N) is 3. The second-order valence-electron chi connectivity index (χ2n) is 7.76. The van der Waals surface area contributed by atoms with E-state index in [2.05, 4.69) is 4.90 Å². The van der Waals surface area contributed by atoms with E-state index in [1.54, 1.807) is 16.4 Å². The summed E-state index contributed by atoms with van der Waals surface area (Å²) in [5.41, 5.74) is 4.29. The van der Waals surface area contributed by atoms with Crippen molar-refractivity contribution in [3.8, 4) is 11.3 Å². The maximum absolute atomic E-state index is 13.3. The van der Waals surface area contributed by atoms with Crippen molar-refractivity contribution >= 4 is 49.7 Å². The molecule has 0 radical (unpaired) electrons. The third kappa shape index (κ3) is 4.47. The Hall–Kier alpha value is -1.64. The standard InChI is InChI=1S/C22H23Cl2N3O2S2/c1-14-10-15(2)21(16(3)11-14)31(28,29)27-8-6-26(7-9-27)22-25-20(13-30-22)18-5-4-17(23)12-19(18)24/h4-5,10-13H,6-9H2,1-3H3. The highest BCUT2D eigenvalue weighted by atomic mass is 35.5. The van der Waals surface area contributed by atoms with Crippen LogP contribution in [0.25, 0.3) is 11.3 Å². The fourth-order valence-electron chi connectivity index (χ4n) is 4.05. The molecule has 1 saturated heterocycles. The summed E-state index contributed by atoms with van der Waals surface area (Å²) >= 11 is 13.8. The molecule has 164 valence electrons. The molecule has 1 aromatic heterocycles. The molecule has 1 fully saturated rings. The van der Waals surface area contributed by atoms with Gasteiger partial charge in [-0.3, -0.25) is 0 Å². The van der Waals surface area contributed by atoms with E-state index in [0.29, 0.717) is 41.1 Å². The molecule has 4 rings (SSSR count). The van der Waals surface area contributed by atoms with Crippen molar-refractivity contribution in [2.45, 2.75) is 25.7 Å². The smallest absolute Gasteiger partial charge is 0.243 e. The minimum Gasteiger partial charge on any atom is -0.345 e. The van der Waals surface area contributed by atoms with Crippen LogP contribution in [0.2, 0.25) is 10.0 Å². The van der Waals surface area contributed by atoms with Crippen molar-refractivity contribution in [1.82, 2.24) is 9.29 Å². The van der Waals surface area contributed by atoms with E-state index in [-0.39, 0.29) is 0 Å². The van der Waals surface area contributed by atoms with E-state index >= 15 is 0 Å². The molecule has 2 heterocycles. The van der Waals surface area contributed by atoms with Gasteiger partial charge in [0, 0.05) is 42.1 Å². The highest BCUT2D eigenvalue weighted by Crippen LogP contribution is 2.34. The Kier molecular flexibility index (Phi) is 6.34. The molecule has 0 amide bonds. The lowest BCUT2D eigenvalue weighted by Crippen LogP contribution is -2.48. The monoisotopic (exact) mass is 495 g/mol. The number of aromatic nitrogens is 1. The van der Waals surface area contributed by atoms with Gasteiger partial charge in [0.15, 0.2) is 5.13 Å². The molecule has 0 N–H and O–H groups in total. The Balaban J connectivity index is 1.50. The van der Waals surface area contributed by atoms with Crippen LogP contribution in [0, 0.1) is 20.8 Å². The van der Waals surface area contributed by atoms with E-state index in [1.807, 2.05) is 44.4 Å². The Morgan fingerprint density at radius 3 is 2.23 bits per heavy atom. The molecular formula is C22H23Cl2N3O2S2. The van der Waals surface area contributed by atoms with Crippen LogP contribution in [0.1, 0.15) is 16.7 Å². The lowest BCUT2D eigenvalue weighted by atomic mass is 10.1. The maximum atomic E-state index is 13.3. The molecule has 31 heavy (non-hydrogen) atoms. The number of anilines is 1. The summed E-state index contributed by atoms with van der Waals surface area (Å²) in [6, 6.07) is 9.21. The predicted molar refractivity (Wildman–Crippen MR) is 129 cm³/mol. The highest BCUT2D eigenvalue weighted by Gasteiger charge is 2.31. The van der Waals surface area contributed by atoms with Crippen LogP contribution in [0.15, 0.2) is 40.6 Å². The van der Waals surface area contributed by atoms with Crippen LogP contribution in [-0.2, 0) is 10.0 Å². The van der Waals surface area contributed by atoms with E-state index in [1.165, 1.54) is 11.3 Å². The first-order chi connectivity index (χ1) is 14.7. The molecule has 0 unspecified atom stereocenters. The van der Waals surface area contributed by atoms with Crippen LogP contribution < -0.4 is 4.90 Å². The molecular weight excluding hydrogens is 473 g/mol. The van der Waals surface area contributed by atoms with E-state index in [9.17, 15) is 8.42 Å². The molecule has 2 aromatic carbocycles. The van der Waals surface area contributed by atoms with E-state index in [0.717, 1.165) is 33.1 Å². The Bertz CT molecular complexity index is 1210. The topological polar surface area (TPSA) is 53.5 Å². The van der Waals surface area contributed by atoms with Gasteiger partial charge in [0.05, 0.1) is 15.6 Å². The van der Waals surface area contributed by atoms with Gasteiger partial charge >= 0.3 is 0 Å². The third-order valence-corrected chi connectivity index (χ3v) is 9.06. The molecule has 1 aliphatic rings. The van der Waals surface area contributed by atoms with E-state index < -0.39 is 10.0 Å². The lowest BCUT2D eigenvalue weighted by Gasteiger charge is -2.34. The number of rotatable bonds is 4. The molecule has 1 aliphatic heterocycles. The summed E-state index contributed by atoms with van der Waals surface area (Å²) in [5, 5.41) is 3.97. The average Bonchev–Trinajstić information content (AvgIpc) is 3.17. The van der Waals surface area contributed by atoms with Crippen LogP contribution in [0.3, 0.4) is 0 Å². The zero-order chi connectivity index (χ0) is 22.3. The fraction of sp³-hybridized carbons (Fsp3) is 0.318. The average molecular weight is 496 g/mol. The minimum absolute atomic E-state index is 0.422. The fourth-order valence-corrected chi connectivity index (χ4v) is 7.27. The minimum atomic E-state index is -3.53. The number of aryl methyl sites for hydroxylation is 3. The van der Waals surface area contributed by atoms with Gasteiger partial charge in [-0.25, -0.2) is 13.4 Å². The van der Waals surface area contributed by atoms with Crippen molar-refractivity contribution in [1.29, 1.82) is 0 Å². The number of benzene rings is 2. The summed E-state index contributed by atoms with van der Waals surface area (Å²) in [6.07, 6.45) is 0.